The van der Waals surface area contributed by atoms with Crippen LogP contribution in [0.4, 0.5) is 0 Å². The molecule has 1 saturated heterocycles. The highest BCUT2D eigenvalue weighted by molar-refractivity contribution is 14.0. The summed E-state index contributed by atoms with van der Waals surface area (Å²) in [5.41, 5.74) is 3.31. The fourth-order valence-corrected chi connectivity index (χ4v) is 2.94. The maximum absolute atomic E-state index is 11.7. The van der Waals surface area contributed by atoms with E-state index >= 15 is 0 Å². The number of amides is 1. The van der Waals surface area contributed by atoms with Crippen LogP contribution in [0.1, 0.15) is 29.7 Å². The number of hydrogen-bond acceptors (Lipinski definition) is 3. The van der Waals surface area contributed by atoms with Crippen molar-refractivity contribution in [3.8, 4) is 0 Å². The van der Waals surface area contributed by atoms with Crippen LogP contribution >= 0.6 is 24.0 Å². The quantitative estimate of drug-likeness (QED) is 0.380. The SMILES string of the molecule is CN=C(NCc1ccc(CN2CCCC2=O)cc1)NCc1ccccn1.I. The maximum atomic E-state index is 11.7. The average molecular weight is 479 g/mol. The second kappa shape index (κ2) is 10.9. The molecule has 0 radical (unpaired) electrons. The first kappa shape index (κ1) is 21.1. The molecule has 0 bridgehead atoms. The first-order valence-electron chi connectivity index (χ1n) is 8.94. The van der Waals surface area contributed by atoms with E-state index in [4.69, 9.17) is 0 Å². The number of hydrogen-bond donors (Lipinski definition) is 2. The molecule has 27 heavy (non-hydrogen) atoms. The summed E-state index contributed by atoms with van der Waals surface area (Å²) in [5.74, 6) is 1.00. The number of carbonyl (C=O) groups excluding carboxylic acids is 1. The largest absolute Gasteiger partial charge is 0.352 e. The smallest absolute Gasteiger partial charge is 0.222 e. The predicted octanol–water partition coefficient (Wildman–Crippen LogP) is 2.69. The zero-order valence-corrected chi connectivity index (χ0v) is 17.8. The first-order valence-corrected chi connectivity index (χ1v) is 8.94. The predicted molar refractivity (Wildman–Crippen MR) is 118 cm³/mol. The van der Waals surface area contributed by atoms with Gasteiger partial charge in [0.15, 0.2) is 5.96 Å². The van der Waals surface area contributed by atoms with E-state index in [0.717, 1.165) is 24.6 Å². The van der Waals surface area contributed by atoms with Crippen LogP contribution in [0, 0.1) is 0 Å². The molecule has 2 heterocycles. The number of rotatable bonds is 6. The number of carbonyl (C=O) groups is 1. The van der Waals surface area contributed by atoms with Crippen molar-refractivity contribution >= 4 is 35.8 Å². The van der Waals surface area contributed by atoms with E-state index in [-0.39, 0.29) is 29.9 Å². The normalized spacial score (nSPS) is 14.0. The van der Waals surface area contributed by atoms with E-state index in [2.05, 4.69) is 44.9 Å². The summed E-state index contributed by atoms with van der Waals surface area (Å²) in [6.07, 6.45) is 3.45. The number of nitrogens with one attached hydrogen (secondary N) is 2. The van der Waals surface area contributed by atoms with E-state index in [1.165, 1.54) is 11.1 Å². The van der Waals surface area contributed by atoms with Gasteiger partial charge in [-0.05, 0) is 29.7 Å². The van der Waals surface area contributed by atoms with Gasteiger partial charge in [-0.2, -0.15) is 0 Å². The van der Waals surface area contributed by atoms with Gasteiger partial charge in [-0.1, -0.05) is 30.3 Å². The Hall–Kier alpha value is -2.16. The Morgan fingerprint density at radius 2 is 1.85 bits per heavy atom. The van der Waals surface area contributed by atoms with Gasteiger partial charge in [0.25, 0.3) is 0 Å². The van der Waals surface area contributed by atoms with Crippen molar-refractivity contribution in [1.82, 2.24) is 20.5 Å². The van der Waals surface area contributed by atoms with Crippen LogP contribution in [0.3, 0.4) is 0 Å². The minimum atomic E-state index is 0. The van der Waals surface area contributed by atoms with Gasteiger partial charge in [0.2, 0.25) is 5.91 Å². The molecule has 6 nitrogen and oxygen atoms in total. The third kappa shape index (κ3) is 6.50. The number of likely N-dealkylation sites (tertiary alicyclic amines) is 1. The van der Waals surface area contributed by atoms with E-state index in [1.807, 2.05) is 23.1 Å². The summed E-state index contributed by atoms with van der Waals surface area (Å²) in [5, 5.41) is 6.55. The molecule has 2 aromatic rings. The third-order valence-electron chi connectivity index (χ3n) is 4.41. The van der Waals surface area contributed by atoms with Gasteiger partial charge in [0, 0.05) is 39.3 Å². The second-order valence-corrected chi connectivity index (χ2v) is 6.34. The van der Waals surface area contributed by atoms with Crippen LogP contribution in [0.15, 0.2) is 53.7 Å². The van der Waals surface area contributed by atoms with Crippen LogP contribution in [-0.2, 0) is 24.4 Å². The van der Waals surface area contributed by atoms with Crippen LogP contribution in [0.2, 0.25) is 0 Å². The van der Waals surface area contributed by atoms with Gasteiger partial charge >= 0.3 is 0 Å². The van der Waals surface area contributed by atoms with Gasteiger partial charge in [0.05, 0.1) is 12.2 Å². The molecule has 0 atom stereocenters. The Balaban J connectivity index is 0.00000261. The number of pyridine rings is 1. The van der Waals surface area contributed by atoms with Crippen LogP contribution in [0.5, 0.6) is 0 Å². The van der Waals surface area contributed by atoms with Crippen molar-refractivity contribution in [1.29, 1.82) is 0 Å². The summed E-state index contributed by atoms with van der Waals surface area (Å²) < 4.78 is 0. The summed E-state index contributed by atoms with van der Waals surface area (Å²) in [7, 11) is 1.75. The standard InChI is InChI=1S/C20H25N5O.HI/c1-21-20(24-14-18-5-2-3-11-22-18)23-13-16-7-9-17(10-8-16)15-25-12-4-6-19(25)26;/h2-3,5,7-11H,4,6,12-15H2,1H3,(H2,21,23,24);1H. The monoisotopic (exact) mass is 479 g/mol. The Bertz CT molecular complexity index is 749. The fourth-order valence-electron chi connectivity index (χ4n) is 2.94. The minimum Gasteiger partial charge on any atom is -0.352 e. The average Bonchev–Trinajstić information content (AvgIpc) is 3.08. The van der Waals surface area contributed by atoms with Crippen molar-refractivity contribution in [2.75, 3.05) is 13.6 Å². The highest BCUT2D eigenvalue weighted by Gasteiger charge is 2.19. The summed E-state index contributed by atoms with van der Waals surface area (Å²) in [6, 6.07) is 14.2. The highest BCUT2D eigenvalue weighted by atomic mass is 127. The molecular weight excluding hydrogens is 453 g/mol. The second-order valence-electron chi connectivity index (χ2n) is 6.34. The number of halogens is 1. The Labute approximate surface area is 177 Å². The van der Waals surface area contributed by atoms with Gasteiger partial charge in [-0.15, -0.1) is 24.0 Å². The molecule has 1 aromatic carbocycles. The van der Waals surface area contributed by atoms with Crippen molar-refractivity contribution in [3.05, 3.63) is 65.5 Å². The lowest BCUT2D eigenvalue weighted by Gasteiger charge is -2.16. The third-order valence-corrected chi connectivity index (χ3v) is 4.41. The van der Waals surface area contributed by atoms with Crippen LogP contribution in [0.25, 0.3) is 0 Å². The molecule has 1 aliphatic rings. The highest BCUT2D eigenvalue weighted by Crippen LogP contribution is 2.14. The Morgan fingerprint density at radius 1 is 1.11 bits per heavy atom. The Morgan fingerprint density at radius 3 is 2.48 bits per heavy atom. The zero-order chi connectivity index (χ0) is 18.2. The summed E-state index contributed by atoms with van der Waals surface area (Å²) >= 11 is 0. The van der Waals surface area contributed by atoms with E-state index in [0.29, 0.717) is 26.1 Å². The molecule has 0 saturated carbocycles. The molecule has 1 aliphatic heterocycles. The van der Waals surface area contributed by atoms with Gasteiger partial charge in [0.1, 0.15) is 0 Å². The molecule has 0 spiro atoms. The maximum Gasteiger partial charge on any atom is 0.222 e. The van der Waals surface area contributed by atoms with Crippen molar-refractivity contribution in [2.24, 2.45) is 4.99 Å². The van der Waals surface area contributed by atoms with Gasteiger partial charge < -0.3 is 15.5 Å². The van der Waals surface area contributed by atoms with Crippen molar-refractivity contribution in [2.45, 2.75) is 32.5 Å². The molecular formula is C20H26IN5O. The Kier molecular flexibility index (Phi) is 8.50. The van der Waals surface area contributed by atoms with E-state index in [9.17, 15) is 4.79 Å². The zero-order valence-electron chi connectivity index (χ0n) is 15.5. The van der Waals surface area contributed by atoms with Crippen LogP contribution in [-0.4, -0.2) is 35.3 Å². The molecule has 1 fully saturated rings. The number of benzene rings is 1. The van der Waals surface area contributed by atoms with Gasteiger partial charge in [-0.3, -0.25) is 14.8 Å². The molecule has 7 heteroatoms. The first-order chi connectivity index (χ1) is 12.7. The lowest BCUT2D eigenvalue weighted by molar-refractivity contribution is -0.128. The molecule has 144 valence electrons. The molecule has 1 aromatic heterocycles. The summed E-state index contributed by atoms with van der Waals surface area (Å²) in [4.78, 5) is 22.2. The molecule has 3 rings (SSSR count). The van der Waals surface area contributed by atoms with E-state index < -0.39 is 0 Å². The molecule has 0 aliphatic carbocycles. The molecule has 2 N–H and O–H groups in total. The topological polar surface area (TPSA) is 69.6 Å². The number of aliphatic imine (C=N–C) groups is 1. The number of nitrogens with zero attached hydrogens (tertiary/aromatic N) is 3. The van der Waals surface area contributed by atoms with Crippen molar-refractivity contribution < 1.29 is 4.79 Å². The minimum absolute atomic E-state index is 0. The number of aromatic nitrogens is 1. The lowest BCUT2D eigenvalue weighted by Crippen LogP contribution is -2.36. The molecule has 0 unspecified atom stereocenters. The van der Waals surface area contributed by atoms with Gasteiger partial charge in [-0.25, -0.2) is 0 Å². The van der Waals surface area contributed by atoms with Crippen LogP contribution < -0.4 is 10.6 Å². The van der Waals surface area contributed by atoms with E-state index in [1.54, 1.807) is 13.2 Å². The van der Waals surface area contributed by atoms with Crippen molar-refractivity contribution in [3.63, 3.8) is 0 Å². The number of guanidine groups is 1. The lowest BCUT2D eigenvalue weighted by atomic mass is 10.1. The molecule has 1 amide bonds. The fraction of sp³-hybridized carbons (Fsp3) is 0.350. The summed E-state index contributed by atoms with van der Waals surface area (Å²) in [6.45, 7) is 2.90.